The van der Waals surface area contributed by atoms with Crippen molar-refractivity contribution in [1.82, 2.24) is 14.5 Å². The van der Waals surface area contributed by atoms with Crippen LogP contribution in [0.2, 0.25) is 0 Å². The minimum absolute atomic E-state index is 0.562. The minimum Gasteiger partial charge on any atom is -0.308 e. The van der Waals surface area contributed by atoms with Gasteiger partial charge < -0.3 is 4.57 Å². The summed E-state index contributed by atoms with van der Waals surface area (Å²) in [6.45, 7) is 2.85. The summed E-state index contributed by atoms with van der Waals surface area (Å²) in [6, 6.07) is 18.2. The molecule has 1 fully saturated rings. The Hall–Kier alpha value is -3.27. The number of carbonyl (C=O) groups excluding carboxylic acids is 1. The lowest BCUT2D eigenvalue weighted by Gasteiger charge is -2.10. The molecule has 4 nitrogen and oxygen atoms in total. The number of aromatic nitrogens is 3. The van der Waals surface area contributed by atoms with Gasteiger partial charge in [-0.3, -0.25) is 4.79 Å². The molecule has 1 aliphatic carbocycles. The third-order valence-corrected chi connectivity index (χ3v) is 5.50. The van der Waals surface area contributed by atoms with Gasteiger partial charge in [0.25, 0.3) is 0 Å². The molecule has 0 spiro atoms. The maximum atomic E-state index is 11.3. The first-order valence-corrected chi connectivity index (χ1v) is 9.70. The average Bonchev–Trinajstić information content (AvgIpc) is 3.51. The summed E-state index contributed by atoms with van der Waals surface area (Å²) >= 11 is 0. The Morgan fingerprint density at radius 1 is 1.07 bits per heavy atom. The molecule has 2 aromatic carbocycles. The molecular weight excluding hydrogens is 346 g/mol. The summed E-state index contributed by atoms with van der Waals surface area (Å²) in [4.78, 5) is 20.9. The number of aldehydes is 1. The van der Waals surface area contributed by atoms with Crippen LogP contribution in [0.3, 0.4) is 0 Å². The summed E-state index contributed by atoms with van der Waals surface area (Å²) in [5.41, 5.74) is 7.10. The number of carbonyl (C=O) groups is 1. The van der Waals surface area contributed by atoms with Crippen LogP contribution in [-0.4, -0.2) is 20.8 Å². The predicted octanol–water partition coefficient (Wildman–Crippen LogP) is 5.14. The molecule has 5 rings (SSSR count). The van der Waals surface area contributed by atoms with Gasteiger partial charge in [-0.25, -0.2) is 9.97 Å². The molecule has 0 radical (unpaired) electrons. The highest BCUT2D eigenvalue weighted by molar-refractivity contribution is 5.87. The first-order chi connectivity index (χ1) is 13.7. The number of benzene rings is 2. The van der Waals surface area contributed by atoms with Crippen LogP contribution in [0.5, 0.6) is 0 Å². The third kappa shape index (κ3) is 2.91. The van der Waals surface area contributed by atoms with E-state index in [9.17, 15) is 4.79 Å². The molecule has 1 saturated carbocycles. The Balaban J connectivity index is 1.51. The van der Waals surface area contributed by atoms with Gasteiger partial charge in [-0.1, -0.05) is 48.5 Å². The number of nitrogens with zero attached hydrogens (tertiary/aromatic N) is 3. The molecule has 28 heavy (non-hydrogen) atoms. The Morgan fingerprint density at radius 2 is 1.86 bits per heavy atom. The predicted molar refractivity (Wildman–Crippen MR) is 111 cm³/mol. The van der Waals surface area contributed by atoms with Crippen LogP contribution in [0, 0.1) is 6.92 Å². The van der Waals surface area contributed by atoms with Gasteiger partial charge in [0.2, 0.25) is 0 Å². The summed E-state index contributed by atoms with van der Waals surface area (Å²) in [5, 5.41) is 0. The zero-order chi connectivity index (χ0) is 19.1. The molecule has 0 N–H and O–H groups in total. The fourth-order valence-corrected chi connectivity index (χ4v) is 3.80. The molecule has 1 aliphatic rings. The average molecular weight is 367 g/mol. The molecule has 0 unspecified atom stereocenters. The summed E-state index contributed by atoms with van der Waals surface area (Å²) in [5.74, 6) is 1.72. The summed E-state index contributed by atoms with van der Waals surface area (Å²) in [6.07, 6.45) is 5.20. The van der Waals surface area contributed by atoms with E-state index < -0.39 is 0 Å². The molecular formula is C24H21N3O. The van der Waals surface area contributed by atoms with Gasteiger partial charge >= 0.3 is 0 Å². The lowest BCUT2D eigenvalue weighted by atomic mass is 9.99. The highest BCUT2D eigenvalue weighted by Crippen LogP contribution is 2.41. The van der Waals surface area contributed by atoms with Crippen molar-refractivity contribution in [3.05, 3.63) is 83.3 Å². The molecule has 4 heteroatoms. The monoisotopic (exact) mass is 367 g/mol. The standard InChI is InChI=1S/C24H21N3O/c1-16-12-13-25-24-22(16)26-23(19-10-11-19)27(24)14-17-6-8-18(9-7-17)21-5-3-2-4-20(21)15-28/h2-9,12-13,15,19H,10-11,14H2,1H3. The molecule has 2 heterocycles. The van der Waals surface area contributed by atoms with Crippen molar-refractivity contribution >= 4 is 17.5 Å². The van der Waals surface area contributed by atoms with E-state index in [4.69, 9.17) is 4.98 Å². The quantitative estimate of drug-likeness (QED) is 0.459. The Labute approximate surface area is 163 Å². The molecule has 0 saturated heterocycles. The highest BCUT2D eigenvalue weighted by atomic mass is 16.1. The third-order valence-electron chi connectivity index (χ3n) is 5.50. The smallest absolute Gasteiger partial charge is 0.160 e. The normalized spacial score (nSPS) is 13.8. The number of fused-ring (bicyclic) bond motifs is 1. The van der Waals surface area contributed by atoms with Crippen LogP contribution in [0.4, 0.5) is 0 Å². The Morgan fingerprint density at radius 3 is 2.61 bits per heavy atom. The second kappa shape index (κ2) is 6.71. The maximum absolute atomic E-state index is 11.3. The van der Waals surface area contributed by atoms with Crippen molar-refractivity contribution in [3.8, 4) is 11.1 Å². The van der Waals surface area contributed by atoms with E-state index in [0.717, 1.165) is 40.9 Å². The van der Waals surface area contributed by atoms with Crippen LogP contribution in [0.25, 0.3) is 22.3 Å². The molecule has 0 aliphatic heterocycles. The van der Waals surface area contributed by atoms with Crippen LogP contribution in [0.1, 0.15) is 46.1 Å². The van der Waals surface area contributed by atoms with Gasteiger partial charge in [-0.05, 0) is 48.1 Å². The van der Waals surface area contributed by atoms with Gasteiger partial charge in [0.15, 0.2) is 11.9 Å². The van der Waals surface area contributed by atoms with Crippen molar-refractivity contribution in [2.24, 2.45) is 0 Å². The lowest BCUT2D eigenvalue weighted by molar-refractivity contribution is 0.112. The number of aryl methyl sites for hydroxylation is 1. The number of pyridine rings is 1. The van der Waals surface area contributed by atoms with E-state index >= 15 is 0 Å². The number of hydrogen-bond donors (Lipinski definition) is 0. The van der Waals surface area contributed by atoms with Gasteiger partial charge in [0, 0.05) is 17.7 Å². The van der Waals surface area contributed by atoms with E-state index in [2.05, 4.69) is 40.7 Å². The molecule has 138 valence electrons. The van der Waals surface area contributed by atoms with E-state index in [1.54, 1.807) is 0 Å². The Kier molecular flexibility index (Phi) is 4.05. The second-order valence-corrected chi connectivity index (χ2v) is 7.53. The van der Waals surface area contributed by atoms with Crippen LogP contribution in [-0.2, 0) is 6.54 Å². The van der Waals surface area contributed by atoms with Gasteiger partial charge in [0.1, 0.15) is 11.3 Å². The maximum Gasteiger partial charge on any atom is 0.160 e. The molecule has 0 amide bonds. The van der Waals surface area contributed by atoms with Crippen LogP contribution in [0.15, 0.2) is 60.8 Å². The van der Waals surface area contributed by atoms with Gasteiger partial charge in [-0.2, -0.15) is 0 Å². The van der Waals surface area contributed by atoms with E-state index in [1.165, 1.54) is 24.0 Å². The van der Waals surface area contributed by atoms with Crippen molar-refractivity contribution in [3.63, 3.8) is 0 Å². The molecule has 0 atom stereocenters. The minimum atomic E-state index is 0.562. The van der Waals surface area contributed by atoms with Gasteiger partial charge in [0.05, 0.1) is 6.54 Å². The number of rotatable bonds is 5. The van der Waals surface area contributed by atoms with Crippen LogP contribution < -0.4 is 0 Å². The number of hydrogen-bond acceptors (Lipinski definition) is 3. The van der Waals surface area contributed by atoms with E-state index in [-0.39, 0.29) is 0 Å². The van der Waals surface area contributed by atoms with Crippen molar-refractivity contribution < 1.29 is 4.79 Å². The van der Waals surface area contributed by atoms with Crippen molar-refractivity contribution in [1.29, 1.82) is 0 Å². The van der Waals surface area contributed by atoms with E-state index in [1.807, 2.05) is 36.5 Å². The topological polar surface area (TPSA) is 47.8 Å². The fourth-order valence-electron chi connectivity index (χ4n) is 3.80. The summed E-state index contributed by atoms with van der Waals surface area (Å²) in [7, 11) is 0. The van der Waals surface area contributed by atoms with Crippen molar-refractivity contribution in [2.45, 2.75) is 32.2 Å². The van der Waals surface area contributed by atoms with Crippen molar-refractivity contribution in [2.75, 3.05) is 0 Å². The molecule has 2 aromatic heterocycles. The second-order valence-electron chi connectivity index (χ2n) is 7.53. The fraction of sp³-hybridized carbons (Fsp3) is 0.208. The highest BCUT2D eigenvalue weighted by Gasteiger charge is 2.30. The van der Waals surface area contributed by atoms with E-state index in [0.29, 0.717) is 11.5 Å². The van der Waals surface area contributed by atoms with Gasteiger partial charge in [-0.15, -0.1) is 0 Å². The molecule has 4 aromatic rings. The zero-order valence-electron chi connectivity index (χ0n) is 15.8. The zero-order valence-corrected chi connectivity index (χ0v) is 15.8. The number of imidazole rings is 1. The molecule has 0 bridgehead atoms. The largest absolute Gasteiger partial charge is 0.308 e. The first-order valence-electron chi connectivity index (χ1n) is 9.70. The Bertz CT molecular complexity index is 1170. The SMILES string of the molecule is Cc1ccnc2c1nc(C1CC1)n2Cc1ccc(-c2ccccc2C=O)cc1. The lowest BCUT2D eigenvalue weighted by Crippen LogP contribution is -2.05. The first kappa shape index (κ1) is 16.9. The van der Waals surface area contributed by atoms with Crippen LogP contribution >= 0.6 is 0 Å². The summed E-state index contributed by atoms with van der Waals surface area (Å²) < 4.78 is 2.27.